The Morgan fingerprint density at radius 1 is 1.28 bits per heavy atom. The first kappa shape index (κ1) is 13.7. The van der Waals surface area contributed by atoms with E-state index in [4.69, 9.17) is 11.6 Å². The van der Waals surface area contributed by atoms with Gasteiger partial charge in [-0.05, 0) is 24.1 Å². The fraction of sp³-hybridized carbons (Fsp3) is 0.538. The molecule has 1 aromatic rings. The Kier molecular flexibility index (Phi) is 4.92. The van der Waals surface area contributed by atoms with Crippen LogP contribution in [0, 0.1) is 0 Å². The summed E-state index contributed by atoms with van der Waals surface area (Å²) in [6.07, 6.45) is -1.71. The van der Waals surface area contributed by atoms with E-state index in [9.17, 15) is 8.78 Å². The zero-order valence-electron chi connectivity index (χ0n) is 10.1. The van der Waals surface area contributed by atoms with Crippen LogP contribution in [0.3, 0.4) is 0 Å². The maximum Gasteiger partial charge on any atom is 0.263 e. The number of nitrogens with zero attached hydrogens (tertiary/aromatic N) is 1. The molecule has 0 radical (unpaired) electrons. The highest BCUT2D eigenvalue weighted by Gasteiger charge is 2.12. The molecule has 0 aromatic heterocycles. The van der Waals surface area contributed by atoms with E-state index < -0.39 is 6.43 Å². The average Bonchev–Trinajstić information content (AvgIpc) is 2.38. The van der Waals surface area contributed by atoms with Crippen LogP contribution in [0.15, 0.2) is 18.2 Å². The highest BCUT2D eigenvalue weighted by Crippen LogP contribution is 2.25. The van der Waals surface area contributed by atoms with Crippen molar-refractivity contribution in [3.8, 4) is 0 Å². The lowest BCUT2D eigenvalue weighted by Crippen LogP contribution is -2.44. The molecule has 5 heteroatoms. The van der Waals surface area contributed by atoms with Gasteiger partial charge in [0.05, 0.1) is 0 Å². The zero-order valence-corrected chi connectivity index (χ0v) is 10.9. The summed E-state index contributed by atoms with van der Waals surface area (Å²) in [7, 11) is 0. The Labute approximate surface area is 111 Å². The first-order chi connectivity index (χ1) is 8.66. The van der Waals surface area contributed by atoms with Gasteiger partial charge in [-0.25, -0.2) is 8.78 Å². The second kappa shape index (κ2) is 6.45. The van der Waals surface area contributed by atoms with E-state index in [-0.39, 0.29) is 5.56 Å². The highest BCUT2D eigenvalue weighted by molar-refractivity contribution is 6.31. The number of benzene rings is 1. The number of halogens is 3. The normalized spacial score (nSPS) is 17.3. The van der Waals surface area contributed by atoms with Crippen molar-refractivity contribution in [2.75, 3.05) is 32.7 Å². The number of hydrogen-bond donors (Lipinski definition) is 1. The molecule has 0 spiro atoms. The Balaban J connectivity index is 1.97. The lowest BCUT2D eigenvalue weighted by molar-refractivity contribution is 0.151. The van der Waals surface area contributed by atoms with E-state index in [0.29, 0.717) is 5.02 Å². The van der Waals surface area contributed by atoms with Gasteiger partial charge in [0.1, 0.15) is 0 Å². The van der Waals surface area contributed by atoms with Gasteiger partial charge in [0.2, 0.25) is 0 Å². The van der Waals surface area contributed by atoms with Crippen molar-refractivity contribution in [2.45, 2.75) is 12.8 Å². The summed E-state index contributed by atoms with van der Waals surface area (Å²) in [6, 6.07) is 4.48. The summed E-state index contributed by atoms with van der Waals surface area (Å²) < 4.78 is 25.2. The van der Waals surface area contributed by atoms with E-state index in [1.54, 1.807) is 6.07 Å². The molecule has 0 unspecified atom stereocenters. The monoisotopic (exact) mass is 274 g/mol. The summed E-state index contributed by atoms with van der Waals surface area (Å²) in [5.41, 5.74) is 0.864. The van der Waals surface area contributed by atoms with Crippen molar-refractivity contribution < 1.29 is 8.78 Å². The quantitative estimate of drug-likeness (QED) is 0.908. The van der Waals surface area contributed by atoms with Gasteiger partial charge in [-0.2, -0.15) is 0 Å². The summed E-state index contributed by atoms with van der Waals surface area (Å²) in [5, 5.41) is 3.86. The van der Waals surface area contributed by atoms with Gasteiger partial charge in [0.15, 0.2) is 0 Å². The van der Waals surface area contributed by atoms with Gasteiger partial charge in [-0.15, -0.1) is 0 Å². The molecule has 18 heavy (non-hydrogen) atoms. The molecule has 1 heterocycles. The Morgan fingerprint density at radius 3 is 2.67 bits per heavy atom. The lowest BCUT2D eigenvalue weighted by Gasteiger charge is -2.27. The molecule has 0 bridgehead atoms. The third-order valence-electron chi connectivity index (χ3n) is 3.23. The average molecular weight is 275 g/mol. The van der Waals surface area contributed by atoms with Gasteiger partial charge < -0.3 is 10.2 Å². The zero-order chi connectivity index (χ0) is 13.0. The second-order valence-electron chi connectivity index (χ2n) is 4.49. The molecule has 1 saturated heterocycles. The van der Waals surface area contributed by atoms with Crippen molar-refractivity contribution in [3.05, 3.63) is 34.3 Å². The van der Waals surface area contributed by atoms with E-state index >= 15 is 0 Å². The second-order valence-corrected chi connectivity index (χ2v) is 4.90. The minimum Gasteiger partial charge on any atom is -0.314 e. The Morgan fingerprint density at radius 2 is 2.00 bits per heavy atom. The SMILES string of the molecule is FC(F)c1ccc(Cl)c(CCN2CCNCC2)c1. The molecule has 1 N–H and O–H groups in total. The van der Waals surface area contributed by atoms with Gasteiger partial charge >= 0.3 is 0 Å². The first-order valence-corrected chi connectivity index (χ1v) is 6.54. The molecule has 1 aromatic carbocycles. The molecule has 1 aliphatic rings. The van der Waals surface area contributed by atoms with E-state index in [1.165, 1.54) is 12.1 Å². The first-order valence-electron chi connectivity index (χ1n) is 6.16. The predicted octanol–water partition coefficient (Wildman–Crippen LogP) is 2.73. The van der Waals surface area contributed by atoms with E-state index in [0.717, 1.165) is 44.7 Å². The van der Waals surface area contributed by atoms with Crippen LogP contribution >= 0.6 is 11.6 Å². The molecule has 0 amide bonds. The molecule has 1 aliphatic heterocycles. The standard InChI is InChI=1S/C13H17ClF2N2/c14-12-2-1-11(13(15)16)9-10(12)3-6-18-7-4-17-5-8-18/h1-2,9,13,17H,3-8H2. The minimum atomic E-state index is -2.43. The molecular weight excluding hydrogens is 258 g/mol. The van der Waals surface area contributed by atoms with Gasteiger partial charge in [-0.1, -0.05) is 17.7 Å². The van der Waals surface area contributed by atoms with Gasteiger partial charge in [0.25, 0.3) is 6.43 Å². The van der Waals surface area contributed by atoms with Crippen molar-refractivity contribution in [3.63, 3.8) is 0 Å². The van der Waals surface area contributed by atoms with Crippen molar-refractivity contribution in [2.24, 2.45) is 0 Å². The molecule has 0 atom stereocenters. The van der Waals surface area contributed by atoms with Gasteiger partial charge in [0, 0.05) is 43.3 Å². The number of piperazine rings is 1. The van der Waals surface area contributed by atoms with Crippen LogP contribution in [0.2, 0.25) is 5.02 Å². The van der Waals surface area contributed by atoms with E-state index in [1.807, 2.05) is 0 Å². The fourth-order valence-electron chi connectivity index (χ4n) is 2.14. The lowest BCUT2D eigenvalue weighted by atomic mass is 10.1. The summed E-state index contributed by atoms with van der Waals surface area (Å²) in [5.74, 6) is 0. The van der Waals surface area contributed by atoms with Crippen LogP contribution in [-0.2, 0) is 6.42 Å². The molecule has 0 aliphatic carbocycles. The van der Waals surface area contributed by atoms with Gasteiger partial charge in [-0.3, -0.25) is 0 Å². The molecule has 1 fully saturated rings. The maximum atomic E-state index is 12.6. The Bertz CT molecular complexity index is 393. The predicted molar refractivity (Wildman–Crippen MR) is 69.4 cm³/mol. The van der Waals surface area contributed by atoms with Crippen molar-refractivity contribution in [1.82, 2.24) is 10.2 Å². The summed E-state index contributed by atoms with van der Waals surface area (Å²) in [6.45, 7) is 4.86. The number of hydrogen-bond acceptors (Lipinski definition) is 2. The fourth-order valence-corrected chi connectivity index (χ4v) is 2.35. The van der Waals surface area contributed by atoms with Crippen LogP contribution in [0.25, 0.3) is 0 Å². The van der Waals surface area contributed by atoms with Crippen LogP contribution in [0.1, 0.15) is 17.6 Å². The van der Waals surface area contributed by atoms with Crippen molar-refractivity contribution >= 4 is 11.6 Å². The molecular formula is C13H17ClF2N2. The topological polar surface area (TPSA) is 15.3 Å². The minimum absolute atomic E-state index is 0.0507. The van der Waals surface area contributed by atoms with Crippen LogP contribution < -0.4 is 5.32 Å². The Hall–Kier alpha value is -0.710. The molecule has 2 nitrogen and oxygen atoms in total. The maximum absolute atomic E-state index is 12.6. The molecule has 0 saturated carbocycles. The van der Waals surface area contributed by atoms with Crippen molar-refractivity contribution in [1.29, 1.82) is 0 Å². The highest BCUT2D eigenvalue weighted by atomic mass is 35.5. The largest absolute Gasteiger partial charge is 0.314 e. The third-order valence-corrected chi connectivity index (χ3v) is 3.60. The summed E-state index contributed by atoms with van der Waals surface area (Å²) in [4.78, 5) is 2.32. The summed E-state index contributed by atoms with van der Waals surface area (Å²) >= 11 is 6.04. The van der Waals surface area contributed by atoms with Crippen LogP contribution in [0.4, 0.5) is 8.78 Å². The van der Waals surface area contributed by atoms with Crippen LogP contribution in [-0.4, -0.2) is 37.6 Å². The molecule has 100 valence electrons. The number of alkyl halides is 2. The third kappa shape index (κ3) is 3.64. The van der Waals surface area contributed by atoms with E-state index in [2.05, 4.69) is 10.2 Å². The number of rotatable bonds is 4. The number of nitrogens with one attached hydrogen (secondary N) is 1. The smallest absolute Gasteiger partial charge is 0.263 e. The molecule has 2 rings (SSSR count). The van der Waals surface area contributed by atoms with Crippen LogP contribution in [0.5, 0.6) is 0 Å².